The van der Waals surface area contributed by atoms with Gasteiger partial charge in [-0.3, -0.25) is 14.2 Å². The number of nitrogens with zero attached hydrogens (tertiary/aromatic N) is 3. The van der Waals surface area contributed by atoms with E-state index in [2.05, 4.69) is 4.98 Å². The number of rotatable bonds is 2. The lowest BCUT2D eigenvalue weighted by Crippen LogP contribution is -2.26. The third kappa shape index (κ3) is 2.28. The molecule has 0 radical (unpaired) electrons. The van der Waals surface area contributed by atoms with Gasteiger partial charge in [0.15, 0.2) is 0 Å². The average Bonchev–Trinajstić information content (AvgIpc) is 2.91. The van der Waals surface area contributed by atoms with E-state index in [1.54, 1.807) is 24.1 Å². The van der Waals surface area contributed by atoms with Crippen molar-refractivity contribution in [2.45, 2.75) is 6.92 Å². The number of para-hydroxylation sites is 2. The normalized spacial score (nSPS) is 15.2. The van der Waals surface area contributed by atoms with E-state index in [1.165, 1.54) is 4.57 Å². The molecular formula is C20H17N3O2. The van der Waals surface area contributed by atoms with E-state index in [4.69, 9.17) is 0 Å². The minimum Gasteiger partial charge on any atom is -0.308 e. The lowest BCUT2D eigenvalue weighted by atomic mass is 10.1. The van der Waals surface area contributed by atoms with Crippen LogP contribution in [0.3, 0.4) is 0 Å². The molecule has 4 rings (SSSR count). The molecule has 0 saturated carbocycles. The highest BCUT2D eigenvalue weighted by atomic mass is 16.2. The summed E-state index contributed by atoms with van der Waals surface area (Å²) in [5.74, 6) is 0.408. The summed E-state index contributed by atoms with van der Waals surface area (Å²) in [6.45, 7) is 2.54. The first kappa shape index (κ1) is 15.3. The summed E-state index contributed by atoms with van der Waals surface area (Å²) in [6.07, 6.45) is 1.71. The fourth-order valence-corrected chi connectivity index (χ4v) is 3.25. The van der Waals surface area contributed by atoms with Crippen LogP contribution >= 0.6 is 0 Å². The third-order valence-corrected chi connectivity index (χ3v) is 4.57. The molecule has 0 saturated heterocycles. The molecule has 3 aromatic rings. The number of fused-ring (bicyclic) bond motifs is 2. The fourth-order valence-electron chi connectivity index (χ4n) is 3.25. The zero-order chi connectivity index (χ0) is 17.6. The first-order valence-electron chi connectivity index (χ1n) is 8.20. The highest BCUT2D eigenvalue weighted by molar-refractivity contribution is 6.35. The van der Waals surface area contributed by atoms with Gasteiger partial charge in [-0.1, -0.05) is 30.3 Å². The van der Waals surface area contributed by atoms with Crippen molar-refractivity contribution in [1.82, 2.24) is 9.55 Å². The Morgan fingerprint density at radius 3 is 2.56 bits per heavy atom. The van der Waals surface area contributed by atoms with Gasteiger partial charge in [0, 0.05) is 19.2 Å². The summed E-state index contributed by atoms with van der Waals surface area (Å²) in [5.41, 5.74) is 2.84. The molecule has 1 aliphatic heterocycles. The third-order valence-electron chi connectivity index (χ3n) is 4.57. The lowest BCUT2D eigenvalue weighted by Gasteiger charge is -2.13. The van der Waals surface area contributed by atoms with Gasteiger partial charge < -0.3 is 4.90 Å². The van der Waals surface area contributed by atoms with Crippen molar-refractivity contribution in [1.29, 1.82) is 0 Å². The molecule has 0 atom stereocenters. The van der Waals surface area contributed by atoms with Gasteiger partial charge in [-0.25, -0.2) is 4.98 Å². The number of carbonyl (C=O) groups is 1. The van der Waals surface area contributed by atoms with Gasteiger partial charge in [0.2, 0.25) is 0 Å². The quantitative estimate of drug-likeness (QED) is 0.679. The Labute approximate surface area is 144 Å². The fraction of sp³-hybridized carbons (Fsp3) is 0.150. The van der Waals surface area contributed by atoms with E-state index in [1.807, 2.05) is 49.4 Å². The maximum Gasteiger partial charge on any atom is 0.261 e. The zero-order valence-electron chi connectivity index (χ0n) is 14.1. The minimum atomic E-state index is -0.122. The largest absolute Gasteiger partial charge is 0.308 e. The van der Waals surface area contributed by atoms with Crippen molar-refractivity contribution < 1.29 is 4.79 Å². The summed E-state index contributed by atoms with van der Waals surface area (Å²) in [5, 5.41) is 0.570. The number of hydrogen-bond donors (Lipinski definition) is 0. The molecule has 0 fully saturated rings. The first-order valence-corrected chi connectivity index (χ1v) is 8.20. The van der Waals surface area contributed by atoms with Crippen LogP contribution in [-0.4, -0.2) is 22.0 Å². The van der Waals surface area contributed by atoms with Crippen molar-refractivity contribution in [3.63, 3.8) is 0 Å². The van der Waals surface area contributed by atoms with Gasteiger partial charge in [-0.05, 0) is 31.2 Å². The van der Waals surface area contributed by atoms with Crippen LogP contribution in [0.15, 0.2) is 53.3 Å². The van der Waals surface area contributed by atoms with Crippen molar-refractivity contribution in [2.24, 2.45) is 7.05 Å². The van der Waals surface area contributed by atoms with Crippen LogP contribution in [0.5, 0.6) is 0 Å². The van der Waals surface area contributed by atoms with Crippen LogP contribution in [0, 0.1) is 0 Å². The van der Waals surface area contributed by atoms with Gasteiger partial charge in [-0.2, -0.15) is 0 Å². The van der Waals surface area contributed by atoms with Crippen molar-refractivity contribution in [3.05, 3.63) is 70.3 Å². The predicted molar refractivity (Wildman–Crippen MR) is 99.3 cm³/mol. The molecule has 0 spiro atoms. The summed E-state index contributed by atoms with van der Waals surface area (Å²) in [6, 6.07) is 14.9. The molecule has 2 aromatic carbocycles. The molecule has 5 nitrogen and oxygen atoms in total. The van der Waals surface area contributed by atoms with Gasteiger partial charge in [0.1, 0.15) is 5.82 Å². The number of amides is 1. The Balaban J connectivity index is 1.95. The Hall–Kier alpha value is -3.21. The molecule has 1 aromatic heterocycles. The molecule has 0 bridgehead atoms. The number of benzene rings is 2. The predicted octanol–water partition coefficient (Wildman–Crippen LogP) is 2.84. The van der Waals surface area contributed by atoms with Gasteiger partial charge >= 0.3 is 0 Å². The van der Waals surface area contributed by atoms with Crippen molar-refractivity contribution >= 4 is 34.1 Å². The Morgan fingerprint density at radius 1 is 1.04 bits per heavy atom. The second-order valence-corrected chi connectivity index (χ2v) is 5.98. The number of anilines is 1. The highest BCUT2D eigenvalue weighted by Crippen LogP contribution is 2.37. The molecule has 1 amide bonds. The molecule has 0 unspecified atom stereocenters. The van der Waals surface area contributed by atoms with E-state index in [0.717, 1.165) is 11.3 Å². The zero-order valence-corrected chi connectivity index (χ0v) is 14.1. The van der Waals surface area contributed by atoms with Gasteiger partial charge in [-0.15, -0.1) is 0 Å². The van der Waals surface area contributed by atoms with Crippen LogP contribution in [0.2, 0.25) is 0 Å². The molecule has 2 heterocycles. The van der Waals surface area contributed by atoms with Crippen molar-refractivity contribution in [3.8, 4) is 0 Å². The lowest BCUT2D eigenvalue weighted by molar-refractivity contribution is -0.112. The summed E-state index contributed by atoms with van der Waals surface area (Å²) in [4.78, 5) is 31.7. The number of hydrogen-bond acceptors (Lipinski definition) is 3. The Kier molecular flexibility index (Phi) is 3.50. The number of aromatic nitrogens is 2. The van der Waals surface area contributed by atoms with E-state index < -0.39 is 0 Å². The van der Waals surface area contributed by atoms with E-state index in [-0.39, 0.29) is 11.5 Å². The monoisotopic (exact) mass is 331 g/mol. The summed E-state index contributed by atoms with van der Waals surface area (Å²) >= 11 is 0. The molecule has 1 aliphatic rings. The molecule has 0 aliphatic carbocycles. The molecule has 25 heavy (non-hydrogen) atoms. The van der Waals surface area contributed by atoms with E-state index in [9.17, 15) is 9.59 Å². The summed E-state index contributed by atoms with van der Waals surface area (Å²) in [7, 11) is 1.68. The smallest absolute Gasteiger partial charge is 0.261 e. The number of likely N-dealkylation sites (N-methyl/N-ethyl adjacent to an activating group) is 1. The highest BCUT2D eigenvalue weighted by Gasteiger charge is 2.31. The maximum atomic E-state index is 12.8. The van der Waals surface area contributed by atoms with Crippen LogP contribution < -0.4 is 10.5 Å². The second kappa shape index (κ2) is 5.70. The van der Waals surface area contributed by atoms with Gasteiger partial charge in [0.25, 0.3) is 11.5 Å². The first-order chi connectivity index (χ1) is 12.1. The van der Waals surface area contributed by atoms with Crippen LogP contribution in [-0.2, 0) is 11.8 Å². The average molecular weight is 331 g/mol. The molecular weight excluding hydrogens is 314 g/mol. The van der Waals surface area contributed by atoms with Crippen molar-refractivity contribution in [2.75, 3.05) is 11.4 Å². The second-order valence-electron chi connectivity index (χ2n) is 5.98. The number of carbonyl (C=O) groups excluding carboxylic acids is 1. The maximum absolute atomic E-state index is 12.8. The SMILES string of the molecule is CCN1C(=O)C(=Cc2nc3ccccc3c(=O)n2C)c2ccccc21. The molecule has 5 heteroatoms. The van der Waals surface area contributed by atoms with E-state index in [0.29, 0.717) is 28.8 Å². The minimum absolute atomic E-state index is 0.0638. The molecule has 124 valence electrons. The standard InChI is InChI=1S/C20H17N3O2/c1-3-23-17-11-7-5-8-13(17)15(20(23)25)12-18-21-16-10-6-4-9-14(16)19(24)22(18)2/h4-12H,3H2,1-2H3. The van der Waals surface area contributed by atoms with E-state index >= 15 is 0 Å². The van der Waals surface area contributed by atoms with Gasteiger partial charge in [0.05, 0.1) is 22.2 Å². The molecule has 0 N–H and O–H groups in total. The summed E-state index contributed by atoms with van der Waals surface area (Å²) < 4.78 is 1.49. The van der Waals surface area contributed by atoms with Crippen LogP contribution in [0.25, 0.3) is 22.6 Å². The van der Waals surface area contributed by atoms with Crippen LogP contribution in [0.4, 0.5) is 5.69 Å². The van der Waals surface area contributed by atoms with Crippen LogP contribution in [0.1, 0.15) is 18.3 Å². The Bertz CT molecular complexity index is 1100. The Morgan fingerprint density at radius 2 is 1.76 bits per heavy atom. The topological polar surface area (TPSA) is 55.2 Å².